The molecule has 2 N–H and O–H groups in total. The van der Waals surface area contributed by atoms with Crippen molar-refractivity contribution >= 4 is 17.8 Å². The van der Waals surface area contributed by atoms with Crippen LogP contribution in [0.3, 0.4) is 0 Å². The lowest BCUT2D eigenvalue weighted by molar-refractivity contribution is -0.157. The third-order valence-corrected chi connectivity index (χ3v) is 2.15. The summed E-state index contributed by atoms with van der Waals surface area (Å²) in [6, 6.07) is -0.683. The summed E-state index contributed by atoms with van der Waals surface area (Å²) in [4.78, 5) is 34.7. The van der Waals surface area contributed by atoms with Gasteiger partial charge in [0.15, 0.2) is 0 Å². The van der Waals surface area contributed by atoms with Gasteiger partial charge in [-0.1, -0.05) is 0 Å². The Kier molecular flexibility index (Phi) is 3.79. The minimum absolute atomic E-state index is 0.201. The highest BCUT2D eigenvalue weighted by molar-refractivity contribution is 6.02. The Labute approximate surface area is 87.4 Å². The Morgan fingerprint density at radius 1 is 1.60 bits per heavy atom. The summed E-state index contributed by atoms with van der Waals surface area (Å²) in [7, 11) is 0. The fourth-order valence-corrected chi connectivity index (χ4v) is 1.36. The highest BCUT2D eigenvalue weighted by Crippen LogP contribution is 2.11. The predicted octanol–water partition coefficient (Wildman–Crippen LogP) is -0.974. The summed E-state index contributed by atoms with van der Waals surface area (Å²) in [5.74, 6) is -1.46. The van der Waals surface area contributed by atoms with E-state index in [1.54, 1.807) is 6.92 Å². The molecule has 1 aliphatic heterocycles. The van der Waals surface area contributed by atoms with Crippen LogP contribution < -0.4 is 5.73 Å². The molecule has 0 aromatic rings. The first kappa shape index (κ1) is 11.6. The lowest BCUT2D eigenvalue weighted by Gasteiger charge is -2.27. The van der Waals surface area contributed by atoms with Gasteiger partial charge in [-0.25, -0.2) is 0 Å². The number of hydrogen-bond donors (Lipinski definition) is 1. The van der Waals surface area contributed by atoms with Gasteiger partial charge >= 0.3 is 5.97 Å². The van der Waals surface area contributed by atoms with Crippen LogP contribution in [0, 0.1) is 0 Å². The largest absolute Gasteiger partial charge is 0.465 e. The second-order valence-corrected chi connectivity index (χ2v) is 3.27. The maximum atomic E-state index is 11.4. The molecule has 6 nitrogen and oxygen atoms in total. The van der Waals surface area contributed by atoms with Crippen molar-refractivity contribution in [2.75, 3.05) is 13.2 Å². The molecule has 1 aliphatic rings. The standard InChI is InChI=1S/C9H14N2O4/c1-2-15-8(13)5-11-7(12)4-3-6(10)9(11)14/h6H,2-5,10H2,1H3/t6-/m0/s1. The SMILES string of the molecule is CCOC(=O)CN1C(=O)CC[C@H](N)C1=O. The second kappa shape index (κ2) is 4.88. The van der Waals surface area contributed by atoms with Gasteiger partial charge in [0, 0.05) is 6.42 Å². The van der Waals surface area contributed by atoms with E-state index in [0.29, 0.717) is 6.42 Å². The lowest BCUT2D eigenvalue weighted by Crippen LogP contribution is -2.52. The zero-order valence-electron chi connectivity index (χ0n) is 8.56. The summed E-state index contributed by atoms with van der Waals surface area (Å²) < 4.78 is 4.65. The van der Waals surface area contributed by atoms with E-state index in [9.17, 15) is 14.4 Å². The molecule has 1 fully saturated rings. The van der Waals surface area contributed by atoms with Gasteiger partial charge in [-0.3, -0.25) is 19.3 Å². The molecule has 1 rings (SSSR count). The zero-order valence-corrected chi connectivity index (χ0v) is 8.56. The molecular formula is C9H14N2O4. The molecule has 0 radical (unpaired) electrons. The molecule has 15 heavy (non-hydrogen) atoms. The Bertz CT molecular complexity index is 290. The minimum Gasteiger partial charge on any atom is -0.465 e. The van der Waals surface area contributed by atoms with E-state index in [4.69, 9.17) is 5.73 Å². The van der Waals surface area contributed by atoms with Gasteiger partial charge in [0.05, 0.1) is 12.6 Å². The number of ether oxygens (including phenoxy) is 1. The number of carbonyl (C=O) groups is 3. The van der Waals surface area contributed by atoms with Crippen molar-refractivity contribution in [3.8, 4) is 0 Å². The molecule has 1 saturated heterocycles. The molecule has 6 heteroatoms. The van der Waals surface area contributed by atoms with Crippen molar-refractivity contribution in [1.29, 1.82) is 0 Å². The highest BCUT2D eigenvalue weighted by Gasteiger charge is 2.33. The Hall–Kier alpha value is -1.43. The van der Waals surface area contributed by atoms with E-state index < -0.39 is 17.9 Å². The number of imide groups is 1. The van der Waals surface area contributed by atoms with Crippen molar-refractivity contribution in [2.45, 2.75) is 25.8 Å². The Balaban J connectivity index is 2.61. The monoisotopic (exact) mass is 214 g/mol. The molecule has 2 amide bonds. The number of hydrogen-bond acceptors (Lipinski definition) is 5. The van der Waals surface area contributed by atoms with Crippen LogP contribution in [0.15, 0.2) is 0 Å². The molecule has 84 valence electrons. The number of amides is 2. The van der Waals surface area contributed by atoms with Crippen LogP contribution in [0.5, 0.6) is 0 Å². The average molecular weight is 214 g/mol. The number of piperidine rings is 1. The van der Waals surface area contributed by atoms with E-state index >= 15 is 0 Å². The zero-order chi connectivity index (χ0) is 11.4. The van der Waals surface area contributed by atoms with E-state index in [2.05, 4.69) is 4.74 Å². The molecule has 0 aromatic heterocycles. The number of nitrogens with zero attached hydrogens (tertiary/aromatic N) is 1. The molecule has 0 bridgehead atoms. The van der Waals surface area contributed by atoms with Gasteiger partial charge in [0.2, 0.25) is 11.8 Å². The van der Waals surface area contributed by atoms with Crippen molar-refractivity contribution in [2.24, 2.45) is 5.73 Å². The molecule has 0 aliphatic carbocycles. The molecule has 1 heterocycles. The molecule has 0 spiro atoms. The summed E-state index contributed by atoms with van der Waals surface area (Å²) in [6.07, 6.45) is 0.545. The van der Waals surface area contributed by atoms with Crippen LogP contribution in [0.1, 0.15) is 19.8 Å². The normalized spacial score (nSPS) is 21.7. The van der Waals surface area contributed by atoms with Gasteiger partial charge in [0.25, 0.3) is 0 Å². The summed E-state index contributed by atoms with van der Waals surface area (Å²) in [5.41, 5.74) is 5.49. The molecule has 0 aromatic carbocycles. The molecular weight excluding hydrogens is 200 g/mol. The first-order valence-corrected chi connectivity index (χ1v) is 4.81. The van der Waals surface area contributed by atoms with Crippen molar-refractivity contribution in [1.82, 2.24) is 4.90 Å². The highest BCUT2D eigenvalue weighted by atomic mass is 16.5. The maximum absolute atomic E-state index is 11.4. The van der Waals surface area contributed by atoms with Crippen LogP contribution in [0.4, 0.5) is 0 Å². The summed E-state index contributed by atoms with van der Waals surface area (Å²) >= 11 is 0. The van der Waals surface area contributed by atoms with Crippen LogP contribution in [-0.4, -0.2) is 41.9 Å². The van der Waals surface area contributed by atoms with Crippen molar-refractivity contribution < 1.29 is 19.1 Å². The topological polar surface area (TPSA) is 89.7 Å². The van der Waals surface area contributed by atoms with Crippen molar-refractivity contribution in [3.63, 3.8) is 0 Å². The number of rotatable bonds is 3. The van der Waals surface area contributed by atoms with Gasteiger partial charge in [-0.2, -0.15) is 0 Å². The van der Waals surface area contributed by atoms with Crippen LogP contribution in [-0.2, 0) is 19.1 Å². The minimum atomic E-state index is -0.683. The van der Waals surface area contributed by atoms with E-state index in [-0.39, 0.29) is 25.5 Å². The maximum Gasteiger partial charge on any atom is 0.326 e. The Morgan fingerprint density at radius 3 is 2.87 bits per heavy atom. The van der Waals surface area contributed by atoms with E-state index in [1.807, 2.05) is 0 Å². The summed E-state index contributed by atoms with van der Waals surface area (Å²) in [6.45, 7) is 1.55. The second-order valence-electron chi connectivity index (χ2n) is 3.27. The number of likely N-dealkylation sites (tertiary alicyclic amines) is 1. The molecule has 0 unspecified atom stereocenters. The van der Waals surface area contributed by atoms with Crippen molar-refractivity contribution in [3.05, 3.63) is 0 Å². The van der Waals surface area contributed by atoms with Gasteiger partial charge in [0.1, 0.15) is 6.54 Å². The van der Waals surface area contributed by atoms with E-state index in [1.165, 1.54) is 0 Å². The number of carbonyl (C=O) groups excluding carboxylic acids is 3. The average Bonchev–Trinajstić information content (AvgIpc) is 2.19. The smallest absolute Gasteiger partial charge is 0.326 e. The van der Waals surface area contributed by atoms with Gasteiger partial charge in [-0.05, 0) is 13.3 Å². The fraction of sp³-hybridized carbons (Fsp3) is 0.667. The quantitative estimate of drug-likeness (QED) is 0.482. The molecule has 1 atom stereocenters. The predicted molar refractivity (Wildman–Crippen MR) is 50.6 cm³/mol. The number of nitrogens with two attached hydrogens (primary N) is 1. The van der Waals surface area contributed by atoms with Gasteiger partial charge in [-0.15, -0.1) is 0 Å². The van der Waals surface area contributed by atoms with Crippen LogP contribution in [0.2, 0.25) is 0 Å². The fourth-order valence-electron chi connectivity index (χ4n) is 1.36. The third kappa shape index (κ3) is 2.76. The number of esters is 1. The van der Waals surface area contributed by atoms with Crippen LogP contribution in [0.25, 0.3) is 0 Å². The first-order chi connectivity index (χ1) is 7.06. The lowest BCUT2D eigenvalue weighted by atomic mass is 10.1. The Morgan fingerprint density at radius 2 is 2.27 bits per heavy atom. The summed E-state index contributed by atoms with van der Waals surface area (Å²) in [5, 5.41) is 0. The van der Waals surface area contributed by atoms with E-state index in [0.717, 1.165) is 4.90 Å². The molecule has 0 saturated carbocycles. The van der Waals surface area contributed by atoms with Gasteiger partial charge < -0.3 is 10.5 Å². The third-order valence-electron chi connectivity index (χ3n) is 2.15. The first-order valence-electron chi connectivity index (χ1n) is 4.81. The van der Waals surface area contributed by atoms with Crippen LogP contribution >= 0.6 is 0 Å².